The molecule has 0 spiro atoms. The zero-order valence-corrected chi connectivity index (χ0v) is 13.6. The minimum Gasteiger partial charge on any atom is -0.365 e. The number of rotatable bonds is 13. The third-order valence-corrected chi connectivity index (χ3v) is 4.07. The van der Waals surface area contributed by atoms with Gasteiger partial charge in [-0.05, 0) is 18.6 Å². The third-order valence-electron chi connectivity index (χ3n) is 4.07. The maximum Gasteiger partial charge on any atom is 0.168 e. The lowest BCUT2D eigenvalue weighted by atomic mass is 10.0. The van der Waals surface area contributed by atoms with E-state index in [1.807, 2.05) is 18.3 Å². The molecule has 0 aliphatic heterocycles. The van der Waals surface area contributed by atoms with Crippen molar-refractivity contribution >= 4 is 0 Å². The summed E-state index contributed by atoms with van der Waals surface area (Å²) >= 11 is 0. The quantitative estimate of drug-likeness (QED) is 0.369. The third kappa shape index (κ3) is 9.70. The van der Waals surface area contributed by atoms with E-state index in [9.17, 15) is 10.2 Å². The molecule has 0 saturated heterocycles. The van der Waals surface area contributed by atoms with Gasteiger partial charge in [-0.1, -0.05) is 64.7 Å². The summed E-state index contributed by atoms with van der Waals surface area (Å²) in [4.78, 5) is 3.01. The Balaban J connectivity index is 1.93. The number of nitrogens with one attached hydrogen (secondary N) is 1. The van der Waals surface area contributed by atoms with Gasteiger partial charge < -0.3 is 15.2 Å². The predicted octanol–water partition coefficient (Wildman–Crippen LogP) is 4.55. The van der Waals surface area contributed by atoms with E-state index in [2.05, 4.69) is 11.9 Å². The molecule has 1 heterocycles. The van der Waals surface area contributed by atoms with Gasteiger partial charge in [0.25, 0.3) is 0 Å². The van der Waals surface area contributed by atoms with E-state index in [1.165, 1.54) is 51.4 Å². The number of aliphatic hydroxyl groups is 2. The average Bonchev–Trinajstić information content (AvgIpc) is 2.93. The van der Waals surface area contributed by atoms with Gasteiger partial charge >= 0.3 is 0 Å². The lowest BCUT2D eigenvalue weighted by Gasteiger charge is -2.21. The fourth-order valence-electron chi connectivity index (χ4n) is 2.77. The summed E-state index contributed by atoms with van der Waals surface area (Å²) in [5.74, 6) is -1.56. The highest BCUT2D eigenvalue weighted by Gasteiger charge is 2.23. The van der Waals surface area contributed by atoms with Crippen molar-refractivity contribution in [2.24, 2.45) is 0 Å². The minimum atomic E-state index is -1.56. The highest BCUT2D eigenvalue weighted by molar-refractivity contribution is 5.05. The van der Waals surface area contributed by atoms with Crippen molar-refractivity contribution in [3.05, 3.63) is 24.0 Å². The molecule has 0 radical (unpaired) electrons. The SMILES string of the molecule is CCCCCCCCCCCCC(O)(O)Cc1ccc[nH]1. The van der Waals surface area contributed by atoms with E-state index in [4.69, 9.17) is 0 Å². The summed E-state index contributed by atoms with van der Waals surface area (Å²) in [6, 6.07) is 3.77. The fourth-order valence-corrected chi connectivity index (χ4v) is 2.77. The van der Waals surface area contributed by atoms with Crippen LogP contribution in [0.4, 0.5) is 0 Å². The molecule has 3 nitrogen and oxygen atoms in total. The second kappa shape index (κ2) is 10.9. The smallest absolute Gasteiger partial charge is 0.168 e. The molecule has 0 saturated carbocycles. The fraction of sp³-hybridized carbons (Fsp3) is 0.778. The molecule has 3 N–H and O–H groups in total. The Morgan fingerprint density at radius 3 is 2.00 bits per heavy atom. The zero-order valence-electron chi connectivity index (χ0n) is 13.6. The topological polar surface area (TPSA) is 56.2 Å². The van der Waals surface area contributed by atoms with Crippen LogP contribution in [-0.4, -0.2) is 21.0 Å². The van der Waals surface area contributed by atoms with E-state index >= 15 is 0 Å². The van der Waals surface area contributed by atoms with E-state index < -0.39 is 5.79 Å². The summed E-state index contributed by atoms with van der Waals surface area (Å²) in [6.45, 7) is 2.25. The van der Waals surface area contributed by atoms with Crippen LogP contribution in [0.5, 0.6) is 0 Å². The Morgan fingerprint density at radius 2 is 1.48 bits per heavy atom. The van der Waals surface area contributed by atoms with Crippen LogP contribution >= 0.6 is 0 Å². The highest BCUT2D eigenvalue weighted by Crippen LogP contribution is 2.18. The van der Waals surface area contributed by atoms with Gasteiger partial charge in [-0.15, -0.1) is 0 Å². The minimum absolute atomic E-state index is 0.289. The van der Waals surface area contributed by atoms with Gasteiger partial charge in [-0.25, -0.2) is 0 Å². The van der Waals surface area contributed by atoms with Gasteiger partial charge in [-0.2, -0.15) is 0 Å². The molecule has 0 bridgehead atoms. The second-order valence-corrected chi connectivity index (χ2v) is 6.29. The van der Waals surface area contributed by atoms with Crippen molar-refractivity contribution in [1.82, 2.24) is 4.98 Å². The first kappa shape index (κ1) is 18.2. The summed E-state index contributed by atoms with van der Waals surface area (Å²) in [6.07, 6.45) is 15.2. The van der Waals surface area contributed by atoms with Gasteiger partial charge in [0, 0.05) is 24.7 Å². The Labute approximate surface area is 129 Å². The molecule has 1 rings (SSSR count). The number of hydrogen-bond acceptors (Lipinski definition) is 2. The van der Waals surface area contributed by atoms with Crippen LogP contribution < -0.4 is 0 Å². The molecule has 0 amide bonds. The molecule has 0 aromatic carbocycles. The largest absolute Gasteiger partial charge is 0.365 e. The van der Waals surface area contributed by atoms with Crippen molar-refractivity contribution in [3.63, 3.8) is 0 Å². The Hall–Kier alpha value is -0.800. The van der Waals surface area contributed by atoms with Crippen LogP contribution in [0.15, 0.2) is 18.3 Å². The van der Waals surface area contributed by atoms with E-state index in [1.54, 1.807) is 0 Å². The van der Waals surface area contributed by atoms with Gasteiger partial charge in [-0.3, -0.25) is 0 Å². The van der Waals surface area contributed by atoms with E-state index in [-0.39, 0.29) is 6.42 Å². The van der Waals surface area contributed by atoms with Crippen LogP contribution in [0.1, 0.15) is 83.2 Å². The summed E-state index contributed by atoms with van der Waals surface area (Å²) in [5, 5.41) is 19.9. The first-order valence-corrected chi connectivity index (χ1v) is 8.71. The van der Waals surface area contributed by atoms with Gasteiger partial charge in [0.1, 0.15) is 0 Å². The van der Waals surface area contributed by atoms with Gasteiger partial charge in [0.2, 0.25) is 0 Å². The molecule has 0 aliphatic carbocycles. The Kier molecular flexibility index (Phi) is 9.44. The predicted molar refractivity (Wildman–Crippen MR) is 88.1 cm³/mol. The Bertz CT molecular complexity index is 333. The normalized spacial score (nSPS) is 12.0. The number of hydrogen-bond donors (Lipinski definition) is 3. The Morgan fingerprint density at radius 1 is 0.905 bits per heavy atom. The van der Waals surface area contributed by atoms with Crippen molar-refractivity contribution < 1.29 is 10.2 Å². The molecule has 0 fully saturated rings. The second-order valence-electron chi connectivity index (χ2n) is 6.29. The molecule has 1 aromatic heterocycles. The van der Waals surface area contributed by atoms with Crippen LogP contribution in [0.3, 0.4) is 0 Å². The zero-order chi connectivity index (χ0) is 15.4. The highest BCUT2D eigenvalue weighted by atomic mass is 16.5. The first-order chi connectivity index (χ1) is 10.1. The molecule has 0 atom stereocenters. The van der Waals surface area contributed by atoms with Crippen LogP contribution in [0.2, 0.25) is 0 Å². The maximum atomic E-state index is 9.94. The van der Waals surface area contributed by atoms with Gasteiger partial charge in [0.15, 0.2) is 5.79 Å². The number of unbranched alkanes of at least 4 members (excludes halogenated alkanes) is 9. The van der Waals surface area contributed by atoms with Crippen molar-refractivity contribution in [2.45, 2.75) is 89.8 Å². The van der Waals surface area contributed by atoms with Crippen LogP contribution in [0, 0.1) is 0 Å². The van der Waals surface area contributed by atoms with Crippen molar-refractivity contribution in [2.75, 3.05) is 0 Å². The number of aromatic nitrogens is 1. The van der Waals surface area contributed by atoms with Crippen LogP contribution in [0.25, 0.3) is 0 Å². The lowest BCUT2D eigenvalue weighted by Crippen LogP contribution is -2.30. The molecule has 21 heavy (non-hydrogen) atoms. The molecule has 0 aliphatic rings. The molecule has 122 valence electrons. The first-order valence-electron chi connectivity index (χ1n) is 8.71. The average molecular weight is 295 g/mol. The summed E-state index contributed by atoms with van der Waals surface area (Å²) in [7, 11) is 0. The number of aromatic amines is 1. The van der Waals surface area contributed by atoms with Crippen molar-refractivity contribution in [1.29, 1.82) is 0 Å². The molecular formula is C18H33NO2. The van der Waals surface area contributed by atoms with Crippen LogP contribution in [-0.2, 0) is 6.42 Å². The monoisotopic (exact) mass is 295 g/mol. The lowest BCUT2D eigenvalue weighted by molar-refractivity contribution is -0.165. The maximum absolute atomic E-state index is 9.94. The van der Waals surface area contributed by atoms with E-state index in [0.717, 1.165) is 18.5 Å². The van der Waals surface area contributed by atoms with E-state index in [0.29, 0.717) is 6.42 Å². The molecule has 3 heteroatoms. The molecule has 0 unspecified atom stereocenters. The summed E-state index contributed by atoms with van der Waals surface area (Å²) in [5.41, 5.74) is 0.882. The van der Waals surface area contributed by atoms with Crippen molar-refractivity contribution in [3.8, 4) is 0 Å². The van der Waals surface area contributed by atoms with Gasteiger partial charge in [0.05, 0.1) is 0 Å². The summed E-state index contributed by atoms with van der Waals surface area (Å²) < 4.78 is 0. The molecule has 1 aromatic rings. The standard InChI is InChI=1S/C18H33NO2/c1-2-3-4-5-6-7-8-9-10-11-14-18(20,21)16-17-13-12-15-19-17/h12-13,15,19-21H,2-11,14,16H2,1H3. The number of H-pyrrole nitrogens is 1. The molecular weight excluding hydrogens is 262 g/mol.